The molecule has 0 saturated heterocycles. The molecule has 4 N–H and O–H groups in total. The number of carbonyl (C=O) groups is 1. The monoisotopic (exact) mass is 311 g/mol. The second-order valence-corrected chi connectivity index (χ2v) is 6.38. The van der Waals surface area contributed by atoms with Crippen LogP contribution in [0.1, 0.15) is 6.92 Å². The summed E-state index contributed by atoms with van der Waals surface area (Å²) in [4.78, 5) is 21.7. The van der Waals surface area contributed by atoms with Gasteiger partial charge in [0.05, 0.1) is 5.69 Å². The average molecular weight is 311 g/mol. The van der Waals surface area contributed by atoms with Gasteiger partial charge in [0, 0.05) is 11.8 Å². The molecule has 1 aromatic heterocycles. The number of sulfonamides is 1. The van der Waals surface area contributed by atoms with E-state index in [0.717, 1.165) is 6.92 Å². The Morgan fingerprint density at radius 1 is 1.24 bits per heavy atom. The Morgan fingerprint density at radius 3 is 2.33 bits per heavy atom. The van der Waals surface area contributed by atoms with Crippen LogP contribution in [0.15, 0.2) is 35.1 Å². The lowest BCUT2D eigenvalue weighted by Crippen LogP contribution is -2.32. The number of carboxylic acid groups (broad SMARTS) is 1. The molecule has 0 amide bonds. The minimum Gasteiger partial charge on any atom is -0.480 e. The van der Waals surface area contributed by atoms with E-state index in [4.69, 9.17) is 5.11 Å². The van der Waals surface area contributed by atoms with Crippen molar-refractivity contribution in [1.29, 1.82) is 0 Å². The van der Waals surface area contributed by atoms with Crippen molar-refractivity contribution in [2.45, 2.75) is 12.2 Å². The molecule has 2 aromatic rings. The van der Waals surface area contributed by atoms with Crippen LogP contribution < -0.4 is 10.3 Å². The number of carboxylic acids is 1. The van der Waals surface area contributed by atoms with Crippen molar-refractivity contribution in [3.8, 4) is 11.3 Å². The minimum atomic E-state index is -4.00. The number of benzene rings is 1. The van der Waals surface area contributed by atoms with Crippen molar-refractivity contribution in [2.75, 3.05) is 4.72 Å². The van der Waals surface area contributed by atoms with E-state index in [1.165, 1.54) is 18.2 Å². The van der Waals surface area contributed by atoms with Crippen LogP contribution in [-0.4, -0.2) is 34.9 Å². The molecule has 0 fully saturated rings. The summed E-state index contributed by atoms with van der Waals surface area (Å²) >= 11 is 0. The van der Waals surface area contributed by atoms with Crippen molar-refractivity contribution >= 4 is 21.7 Å². The maximum Gasteiger partial charge on any atom is 0.323 e. The molecular formula is C12H13N3O5S. The topological polar surface area (TPSA) is 132 Å². The van der Waals surface area contributed by atoms with E-state index in [0.29, 0.717) is 11.3 Å². The summed E-state index contributed by atoms with van der Waals surface area (Å²) in [5.74, 6) is -1.43. The number of H-pyrrole nitrogens is 2. The van der Waals surface area contributed by atoms with Gasteiger partial charge in [-0.05, 0) is 24.6 Å². The van der Waals surface area contributed by atoms with E-state index in [9.17, 15) is 18.0 Å². The lowest BCUT2D eigenvalue weighted by molar-refractivity contribution is -0.136. The Kier molecular flexibility index (Phi) is 3.85. The lowest BCUT2D eigenvalue weighted by atomic mass is 10.1. The summed E-state index contributed by atoms with van der Waals surface area (Å²) in [7, 11) is -4.00. The van der Waals surface area contributed by atoms with Crippen LogP contribution >= 0.6 is 0 Å². The Hall–Kier alpha value is -2.55. The first kappa shape index (κ1) is 14.9. The minimum absolute atomic E-state index is 0.240. The van der Waals surface area contributed by atoms with Crippen LogP contribution in [0, 0.1) is 0 Å². The van der Waals surface area contributed by atoms with Crippen molar-refractivity contribution in [3.63, 3.8) is 0 Å². The van der Waals surface area contributed by atoms with Crippen molar-refractivity contribution in [2.24, 2.45) is 0 Å². The van der Waals surface area contributed by atoms with Gasteiger partial charge in [0.2, 0.25) is 10.0 Å². The quantitative estimate of drug-likeness (QED) is 0.641. The van der Waals surface area contributed by atoms with Gasteiger partial charge in [0.1, 0.15) is 0 Å². The Morgan fingerprint density at radius 2 is 1.86 bits per heavy atom. The van der Waals surface area contributed by atoms with Crippen LogP contribution in [0.25, 0.3) is 11.3 Å². The van der Waals surface area contributed by atoms with Crippen molar-refractivity contribution < 1.29 is 18.3 Å². The van der Waals surface area contributed by atoms with Crippen LogP contribution in [0.4, 0.5) is 5.69 Å². The van der Waals surface area contributed by atoms with E-state index in [1.807, 2.05) is 0 Å². The maximum atomic E-state index is 11.8. The van der Waals surface area contributed by atoms with Crippen LogP contribution in [0.2, 0.25) is 0 Å². The second kappa shape index (κ2) is 5.44. The van der Waals surface area contributed by atoms with Gasteiger partial charge in [-0.2, -0.15) is 0 Å². The number of anilines is 1. The molecule has 9 heteroatoms. The molecule has 0 aliphatic carbocycles. The van der Waals surface area contributed by atoms with Crippen LogP contribution in [0.5, 0.6) is 0 Å². The number of hydrogen-bond acceptors (Lipinski definition) is 4. The van der Waals surface area contributed by atoms with Crippen LogP contribution in [-0.2, 0) is 14.8 Å². The maximum absolute atomic E-state index is 11.8. The van der Waals surface area contributed by atoms with Gasteiger partial charge >= 0.3 is 5.97 Å². The summed E-state index contributed by atoms with van der Waals surface area (Å²) in [6.07, 6.45) is 0. The standard InChI is InChI=1S/C12H13N3O5S/c1-7(12(17)18)21(19,20)15-9-4-2-8(3-5-9)10-6-11(16)14-13-10/h2-7,15H,1H3,(H,17,18)(H2,13,14,16). The highest BCUT2D eigenvalue weighted by molar-refractivity contribution is 7.94. The number of nitrogens with one attached hydrogen (secondary N) is 3. The number of hydrogen-bond donors (Lipinski definition) is 4. The zero-order chi connectivity index (χ0) is 15.6. The van der Waals surface area contributed by atoms with Crippen molar-refractivity contribution in [1.82, 2.24) is 10.2 Å². The highest BCUT2D eigenvalue weighted by Gasteiger charge is 2.27. The first-order valence-corrected chi connectivity index (χ1v) is 7.47. The fourth-order valence-electron chi connectivity index (χ4n) is 1.59. The zero-order valence-corrected chi connectivity index (χ0v) is 11.8. The number of aliphatic carboxylic acids is 1. The molecule has 0 saturated carbocycles. The second-order valence-electron chi connectivity index (χ2n) is 4.38. The van der Waals surface area contributed by atoms with E-state index in [2.05, 4.69) is 14.9 Å². The molecule has 1 heterocycles. The molecule has 21 heavy (non-hydrogen) atoms. The third-order valence-electron chi connectivity index (χ3n) is 2.87. The molecule has 0 radical (unpaired) electrons. The normalized spacial score (nSPS) is 12.8. The SMILES string of the molecule is CC(C(=O)O)S(=O)(=O)Nc1ccc(-c2cc(=O)[nH][nH]2)cc1. The summed E-state index contributed by atoms with van der Waals surface area (Å²) in [5.41, 5.74) is 1.21. The molecule has 0 spiro atoms. The first-order chi connectivity index (χ1) is 9.79. The molecule has 112 valence electrons. The van der Waals surface area contributed by atoms with Crippen LogP contribution in [0.3, 0.4) is 0 Å². The third kappa shape index (κ3) is 3.31. The highest BCUT2D eigenvalue weighted by atomic mass is 32.2. The van der Waals surface area contributed by atoms with Gasteiger partial charge in [0.15, 0.2) is 5.25 Å². The number of aromatic nitrogens is 2. The lowest BCUT2D eigenvalue weighted by Gasteiger charge is -2.11. The Balaban J connectivity index is 2.20. The first-order valence-electron chi connectivity index (χ1n) is 5.92. The molecule has 2 rings (SSSR count). The summed E-state index contributed by atoms with van der Waals surface area (Å²) in [6.45, 7) is 1.09. The molecule has 1 aromatic carbocycles. The molecule has 0 bridgehead atoms. The van der Waals surface area contributed by atoms with Gasteiger partial charge in [-0.25, -0.2) is 8.42 Å². The predicted octanol–water partition coefficient (Wildman–Crippen LogP) is 0.585. The largest absolute Gasteiger partial charge is 0.480 e. The van der Waals surface area contributed by atoms with Crippen molar-refractivity contribution in [3.05, 3.63) is 40.7 Å². The highest BCUT2D eigenvalue weighted by Crippen LogP contribution is 2.19. The molecule has 8 nitrogen and oxygen atoms in total. The fraction of sp³-hybridized carbons (Fsp3) is 0.167. The Bertz CT molecular complexity index is 804. The van der Waals surface area contributed by atoms with E-state index in [-0.39, 0.29) is 11.2 Å². The van der Waals surface area contributed by atoms with Gasteiger partial charge in [-0.15, -0.1) is 0 Å². The van der Waals surface area contributed by atoms with E-state index in [1.54, 1.807) is 12.1 Å². The van der Waals surface area contributed by atoms with Gasteiger partial charge in [0.25, 0.3) is 5.56 Å². The Labute approximate surface area is 119 Å². The molecular weight excluding hydrogens is 298 g/mol. The summed E-state index contributed by atoms with van der Waals surface area (Å²) in [5, 5.41) is 12.2. The molecule has 1 unspecified atom stereocenters. The zero-order valence-electron chi connectivity index (χ0n) is 11.0. The average Bonchev–Trinajstić information content (AvgIpc) is 2.85. The fourth-order valence-corrected chi connectivity index (χ4v) is 2.50. The summed E-state index contributed by atoms with van der Waals surface area (Å²) in [6, 6.07) is 7.52. The predicted molar refractivity (Wildman–Crippen MR) is 76.5 cm³/mol. The van der Waals surface area contributed by atoms with Gasteiger partial charge < -0.3 is 5.11 Å². The summed E-state index contributed by atoms with van der Waals surface area (Å²) < 4.78 is 25.7. The number of rotatable bonds is 5. The molecule has 1 atom stereocenters. The van der Waals surface area contributed by atoms with E-state index < -0.39 is 21.2 Å². The third-order valence-corrected chi connectivity index (χ3v) is 4.52. The van der Waals surface area contributed by atoms with Gasteiger partial charge in [-0.1, -0.05) is 12.1 Å². The smallest absolute Gasteiger partial charge is 0.323 e. The number of aromatic amines is 2. The van der Waals surface area contributed by atoms with E-state index >= 15 is 0 Å². The molecule has 0 aliphatic heterocycles. The molecule has 0 aliphatic rings. The van der Waals surface area contributed by atoms with Gasteiger partial charge in [-0.3, -0.25) is 24.5 Å².